The molecule has 0 amide bonds. The average Bonchev–Trinajstić information content (AvgIpc) is 2.39. The second-order valence-electron chi connectivity index (χ2n) is 4.34. The Morgan fingerprint density at radius 2 is 1.40 bits per heavy atom. The Labute approximate surface area is 112 Å². The van der Waals surface area contributed by atoms with E-state index in [1.165, 1.54) is 18.2 Å². The van der Waals surface area contributed by atoms with Gasteiger partial charge in [-0.15, -0.1) is 13.2 Å². The molecule has 0 radical (unpaired) electrons. The van der Waals surface area contributed by atoms with Crippen molar-refractivity contribution in [1.29, 1.82) is 0 Å². The van der Waals surface area contributed by atoms with E-state index in [-0.39, 0.29) is 16.9 Å². The maximum absolute atomic E-state index is 12.4. The predicted octanol–water partition coefficient (Wildman–Crippen LogP) is 4.60. The Balaban J connectivity index is 2.35. The van der Waals surface area contributed by atoms with Crippen molar-refractivity contribution in [3.05, 3.63) is 48.5 Å². The largest absolute Gasteiger partial charge is 0.573 e. The summed E-state index contributed by atoms with van der Waals surface area (Å²) in [5.74, 6) is -0.401. The van der Waals surface area contributed by atoms with Gasteiger partial charge in [0.15, 0.2) is 0 Å². The lowest BCUT2D eigenvalue weighted by atomic mass is 10.0. The van der Waals surface area contributed by atoms with Crippen LogP contribution >= 0.6 is 0 Å². The van der Waals surface area contributed by atoms with Crippen molar-refractivity contribution in [2.75, 3.05) is 0 Å². The van der Waals surface area contributed by atoms with Crippen LogP contribution in [0.3, 0.4) is 0 Å². The number of benzene rings is 3. The van der Waals surface area contributed by atoms with Gasteiger partial charge < -0.3 is 9.84 Å². The van der Waals surface area contributed by atoms with Gasteiger partial charge in [0.05, 0.1) is 0 Å². The molecule has 0 saturated carbocycles. The minimum Gasteiger partial charge on any atom is -0.507 e. The quantitative estimate of drug-likeness (QED) is 0.659. The topological polar surface area (TPSA) is 29.5 Å². The van der Waals surface area contributed by atoms with E-state index < -0.39 is 6.36 Å². The molecular formula is C15H9F3O2. The van der Waals surface area contributed by atoms with Crippen molar-refractivity contribution in [2.45, 2.75) is 6.36 Å². The van der Waals surface area contributed by atoms with Gasteiger partial charge in [-0.05, 0) is 22.9 Å². The van der Waals surface area contributed by atoms with Crippen LogP contribution < -0.4 is 4.74 Å². The first-order chi connectivity index (χ1) is 9.46. The van der Waals surface area contributed by atoms with Crippen molar-refractivity contribution < 1.29 is 23.0 Å². The van der Waals surface area contributed by atoms with Crippen LogP contribution in [0.25, 0.3) is 21.5 Å². The summed E-state index contributed by atoms with van der Waals surface area (Å²) < 4.78 is 41.2. The third-order valence-corrected chi connectivity index (χ3v) is 3.07. The lowest BCUT2D eigenvalue weighted by Gasteiger charge is -2.13. The summed E-state index contributed by atoms with van der Waals surface area (Å²) in [6.07, 6.45) is -4.77. The number of phenolic OH excluding ortho intramolecular Hbond substituents is 1. The van der Waals surface area contributed by atoms with Crippen molar-refractivity contribution in [2.24, 2.45) is 0 Å². The molecular weight excluding hydrogens is 269 g/mol. The van der Waals surface area contributed by atoms with Crippen molar-refractivity contribution in [1.82, 2.24) is 0 Å². The number of rotatable bonds is 1. The highest BCUT2D eigenvalue weighted by atomic mass is 19.4. The van der Waals surface area contributed by atoms with Crippen LogP contribution in [0.2, 0.25) is 0 Å². The van der Waals surface area contributed by atoms with Gasteiger partial charge in [0, 0.05) is 10.8 Å². The van der Waals surface area contributed by atoms with Crippen LogP contribution in [0.4, 0.5) is 13.2 Å². The summed E-state index contributed by atoms with van der Waals surface area (Å²) >= 11 is 0. The Hall–Kier alpha value is -2.43. The first-order valence-electron chi connectivity index (χ1n) is 5.85. The molecule has 20 heavy (non-hydrogen) atoms. The predicted molar refractivity (Wildman–Crippen MR) is 69.8 cm³/mol. The Morgan fingerprint density at radius 1 is 0.800 bits per heavy atom. The number of hydrogen-bond acceptors (Lipinski definition) is 2. The molecule has 0 saturated heterocycles. The molecule has 102 valence electrons. The third-order valence-electron chi connectivity index (χ3n) is 3.07. The zero-order chi connectivity index (χ0) is 14.3. The van der Waals surface area contributed by atoms with E-state index in [2.05, 4.69) is 4.74 Å². The molecule has 3 aromatic rings. The summed E-state index contributed by atoms with van der Waals surface area (Å²) in [6, 6.07) is 12.7. The molecule has 0 atom stereocenters. The number of alkyl halides is 3. The van der Waals surface area contributed by atoms with Crippen LogP contribution in [0.1, 0.15) is 0 Å². The standard InChI is InChI=1S/C15H9F3O2/c16-15(17,18)20-14-7-3-6-10-9-4-1-2-5-11(9)13(19)8-12(10)14/h1-8,19H. The van der Waals surface area contributed by atoms with E-state index >= 15 is 0 Å². The van der Waals surface area contributed by atoms with Crippen molar-refractivity contribution in [3.8, 4) is 11.5 Å². The maximum Gasteiger partial charge on any atom is 0.573 e. The second kappa shape index (κ2) is 4.30. The summed E-state index contributed by atoms with van der Waals surface area (Å²) in [6.45, 7) is 0. The minimum absolute atomic E-state index is 0.0775. The molecule has 3 rings (SSSR count). The zero-order valence-corrected chi connectivity index (χ0v) is 10.1. The molecule has 0 aliphatic rings. The van der Waals surface area contributed by atoms with Crippen molar-refractivity contribution >= 4 is 21.5 Å². The molecule has 5 heteroatoms. The molecule has 0 aliphatic heterocycles. The minimum atomic E-state index is -4.77. The van der Waals surface area contributed by atoms with E-state index in [9.17, 15) is 18.3 Å². The van der Waals surface area contributed by atoms with E-state index in [0.717, 1.165) is 0 Å². The normalized spacial score (nSPS) is 11.9. The highest BCUT2D eigenvalue weighted by Gasteiger charge is 2.31. The number of hydrogen-bond donors (Lipinski definition) is 1. The number of ether oxygens (including phenoxy) is 1. The van der Waals surface area contributed by atoms with E-state index in [4.69, 9.17) is 0 Å². The fraction of sp³-hybridized carbons (Fsp3) is 0.0667. The number of fused-ring (bicyclic) bond motifs is 3. The van der Waals surface area contributed by atoms with Crippen LogP contribution in [-0.4, -0.2) is 11.5 Å². The van der Waals surface area contributed by atoms with E-state index in [1.54, 1.807) is 30.3 Å². The highest BCUT2D eigenvalue weighted by molar-refractivity contribution is 6.11. The summed E-state index contributed by atoms with van der Waals surface area (Å²) in [5, 5.41) is 12.0. The first-order valence-corrected chi connectivity index (χ1v) is 5.85. The molecule has 0 aliphatic carbocycles. The van der Waals surface area contributed by atoms with Crippen LogP contribution in [-0.2, 0) is 0 Å². The van der Waals surface area contributed by atoms with Gasteiger partial charge in [-0.2, -0.15) is 0 Å². The smallest absolute Gasteiger partial charge is 0.507 e. The molecule has 0 unspecified atom stereocenters. The monoisotopic (exact) mass is 278 g/mol. The average molecular weight is 278 g/mol. The summed E-state index contributed by atoms with van der Waals surface area (Å²) in [7, 11) is 0. The second-order valence-corrected chi connectivity index (χ2v) is 4.34. The molecule has 3 aromatic carbocycles. The SMILES string of the molecule is Oc1cc2c(OC(F)(F)F)cccc2c2ccccc12. The van der Waals surface area contributed by atoms with Gasteiger partial charge in [0.2, 0.25) is 0 Å². The Bertz CT molecular complexity index is 794. The van der Waals surface area contributed by atoms with Gasteiger partial charge in [-0.1, -0.05) is 36.4 Å². The van der Waals surface area contributed by atoms with E-state index in [0.29, 0.717) is 16.2 Å². The van der Waals surface area contributed by atoms with Crippen LogP contribution in [0, 0.1) is 0 Å². The first kappa shape index (κ1) is 12.6. The molecule has 0 bridgehead atoms. The fourth-order valence-corrected chi connectivity index (χ4v) is 2.30. The lowest BCUT2D eigenvalue weighted by molar-refractivity contribution is -0.274. The number of aromatic hydroxyl groups is 1. The van der Waals surface area contributed by atoms with Gasteiger partial charge in [-0.3, -0.25) is 0 Å². The highest BCUT2D eigenvalue weighted by Crippen LogP contribution is 2.38. The third kappa shape index (κ3) is 2.11. The Morgan fingerprint density at radius 3 is 2.10 bits per heavy atom. The molecule has 0 heterocycles. The van der Waals surface area contributed by atoms with Gasteiger partial charge in [0.25, 0.3) is 0 Å². The Kier molecular flexibility index (Phi) is 2.71. The fourth-order valence-electron chi connectivity index (χ4n) is 2.30. The maximum atomic E-state index is 12.4. The number of halogens is 3. The van der Waals surface area contributed by atoms with Gasteiger partial charge >= 0.3 is 6.36 Å². The van der Waals surface area contributed by atoms with Gasteiger partial charge in [0.1, 0.15) is 11.5 Å². The molecule has 0 fully saturated rings. The summed E-state index contributed by atoms with van der Waals surface area (Å²) in [5.41, 5.74) is 0. The molecule has 0 spiro atoms. The van der Waals surface area contributed by atoms with Crippen LogP contribution in [0.5, 0.6) is 11.5 Å². The number of phenols is 1. The molecule has 0 aromatic heterocycles. The van der Waals surface area contributed by atoms with E-state index in [1.807, 2.05) is 0 Å². The van der Waals surface area contributed by atoms with Gasteiger partial charge in [-0.25, -0.2) is 0 Å². The summed E-state index contributed by atoms with van der Waals surface area (Å²) in [4.78, 5) is 0. The van der Waals surface area contributed by atoms with Crippen molar-refractivity contribution in [3.63, 3.8) is 0 Å². The van der Waals surface area contributed by atoms with Crippen LogP contribution in [0.15, 0.2) is 48.5 Å². The molecule has 1 N–H and O–H groups in total. The molecule has 2 nitrogen and oxygen atoms in total. The lowest BCUT2D eigenvalue weighted by Crippen LogP contribution is -2.17. The zero-order valence-electron chi connectivity index (χ0n) is 10.1.